The van der Waals surface area contributed by atoms with Gasteiger partial charge in [-0.1, -0.05) is 19.1 Å². The number of carbonyl (C=O) groups is 1. The lowest BCUT2D eigenvalue weighted by Gasteiger charge is -2.36. The Hall–Kier alpha value is -1.55. The quantitative estimate of drug-likeness (QED) is 0.836. The number of hydrogen-bond donors (Lipinski definition) is 0. The van der Waals surface area contributed by atoms with Gasteiger partial charge in [0.05, 0.1) is 13.5 Å². The number of amides is 1. The van der Waals surface area contributed by atoms with Gasteiger partial charge in [0.1, 0.15) is 5.75 Å². The van der Waals surface area contributed by atoms with E-state index >= 15 is 0 Å². The lowest BCUT2D eigenvalue weighted by Crippen LogP contribution is -2.41. The molecule has 2 rings (SSSR count). The van der Waals surface area contributed by atoms with Crippen molar-refractivity contribution >= 4 is 5.91 Å². The SMILES string of the molecule is COc1ccc(CC(=O)N(C)CC2(C)CCOCC2)cc1. The molecule has 1 aliphatic heterocycles. The van der Waals surface area contributed by atoms with Gasteiger partial charge in [-0.15, -0.1) is 0 Å². The lowest BCUT2D eigenvalue weighted by atomic mass is 9.82. The van der Waals surface area contributed by atoms with Gasteiger partial charge in [-0.25, -0.2) is 0 Å². The summed E-state index contributed by atoms with van der Waals surface area (Å²) in [4.78, 5) is 14.2. The second-order valence-electron chi connectivity index (χ2n) is 6.20. The Morgan fingerprint density at radius 3 is 2.48 bits per heavy atom. The molecule has 0 saturated carbocycles. The molecule has 0 bridgehead atoms. The molecular formula is C17H25NO3. The molecule has 0 N–H and O–H groups in total. The van der Waals surface area contributed by atoms with Crippen LogP contribution in [0.1, 0.15) is 25.3 Å². The standard InChI is InChI=1S/C17H25NO3/c1-17(8-10-21-11-9-17)13-18(2)16(19)12-14-4-6-15(20-3)7-5-14/h4-7H,8-13H2,1-3H3. The zero-order valence-electron chi connectivity index (χ0n) is 13.2. The summed E-state index contributed by atoms with van der Waals surface area (Å²) in [6.45, 7) is 4.64. The van der Waals surface area contributed by atoms with Gasteiger partial charge in [0.25, 0.3) is 0 Å². The maximum atomic E-state index is 12.3. The van der Waals surface area contributed by atoms with Crippen LogP contribution in [0.5, 0.6) is 5.75 Å². The fraction of sp³-hybridized carbons (Fsp3) is 0.588. The highest BCUT2D eigenvalue weighted by Gasteiger charge is 2.29. The first-order valence-corrected chi connectivity index (χ1v) is 7.47. The molecule has 0 atom stereocenters. The van der Waals surface area contributed by atoms with E-state index in [-0.39, 0.29) is 11.3 Å². The minimum atomic E-state index is 0.160. The predicted molar refractivity (Wildman–Crippen MR) is 82.5 cm³/mol. The number of likely N-dealkylation sites (N-methyl/N-ethyl adjacent to an activating group) is 1. The molecular weight excluding hydrogens is 266 g/mol. The van der Waals surface area contributed by atoms with E-state index in [0.29, 0.717) is 6.42 Å². The van der Waals surface area contributed by atoms with Crippen LogP contribution in [0.25, 0.3) is 0 Å². The topological polar surface area (TPSA) is 38.8 Å². The van der Waals surface area contributed by atoms with Gasteiger partial charge >= 0.3 is 0 Å². The van der Waals surface area contributed by atoms with Gasteiger partial charge in [-0.3, -0.25) is 4.79 Å². The molecule has 1 aromatic rings. The van der Waals surface area contributed by atoms with Crippen LogP contribution in [-0.4, -0.2) is 44.7 Å². The van der Waals surface area contributed by atoms with Crippen LogP contribution in [0.3, 0.4) is 0 Å². The molecule has 1 aliphatic rings. The number of hydrogen-bond acceptors (Lipinski definition) is 3. The highest BCUT2D eigenvalue weighted by molar-refractivity contribution is 5.78. The summed E-state index contributed by atoms with van der Waals surface area (Å²) < 4.78 is 10.5. The van der Waals surface area contributed by atoms with Crippen molar-refractivity contribution in [1.82, 2.24) is 4.90 Å². The molecule has 4 heteroatoms. The molecule has 21 heavy (non-hydrogen) atoms. The number of carbonyl (C=O) groups excluding carboxylic acids is 1. The second kappa shape index (κ2) is 6.94. The molecule has 1 fully saturated rings. The molecule has 0 spiro atoms. The Balaban J connectivity index is 1.89. The van der Waals surface area contributed by atoms with Crippen molar-refractivity contribution in [2.75, 3.05) is 33.9 Å². The first kappa shape index (κ1) is 15.8. The summed E-state index contributed by atoms with van der Waals surface area (Å²) in [7, 11) is 3.54. The van der Waals surface area contributed by atoms with E-state index in [9.17, 15) is 4.79 Å². The van der Waals surface area contributed by atoms with Crippen LogP contribution >= 0.6 is 0 Å². The Kier molecular flexibility index (Phi) is 5.23. The lowest BCUT2D eigenvalue weighted by molar-refractivity contribution is -0.131. The number of ether oxygens (including phenoxy) is 2. The van der Waals surface area contributed by atoms with Crippen LogP contribution in [0, 0.1) is 5.41 Å². The van der Waals surface area contributed by atoms with E-state index < -0.39 is 0 Å². The molecule has 1 saturated heterocycles. The van der Waals surface area contributed by atoms with E-state index in [4.69, 9.17) is 9.47 Å². The molecule has 0 aliphatic carbocycles. The smallest absolute Gasteiger partial charge is 0.226 e. The minimum absolute atomic E-state index is 0.160. The third kappa shape index (κ3) is 4.46. The summed E-state index contributed by atoms with van der Waals surface area (Å²) in [5.41, 5.74) is 1.20. The molecule has 0 radical (unpaired) electrons. The Morgan fingerprint density at radius 2 is 1.90 bits per heavy atom. The first-order chi connectivity index (χ1) is 10.0. The number of methoxy groups -OCH3 is 1. The summed E-state index contributed by atoms with van der Waals surface area (Å²) in [6, 6.07) is 7.67. The van der Waals surface area contributed by atoms with Gasteiger partial charge in [0.2, 0.25) is 5.91 Å². The Bertz CT molecular complexity index is 463. The zero-order valence-corrected chi connectivity index (χ0v) is 13.2. The van der Waals surface area contributed by atoms with Gasteiger partial charge < -0.3 is 14.4 Å². The number of benzene rings is 1. The highest BCUT2D eigenvalue weighted by atomic mass is 16.5. The van der Waals surface area contributed by atoms with Gasteiger partial charge in [-0.2, -0.15) is 0 Å². The molecule has 1 aromatic carbocycles. The minimum Gasteiger partial charge on any atom is -0.497 e. The third-order valence-corrected chi connectivity index (χ3v) is 4.26. The number of nitrogens with zero attached hydrogens (tertiary/aromatic N) is 1. The van der Waals surface area contributed by atoms with E-state index in [0.717, 1.165) is 43.9 Å². The van der Waals surface area contributed by atoms with Crippen LogP contribution in [-0.2, 0) is 16.0 Å². The molecule has 0 aromatic heterocycles. The number of rotatable bonds is 5. The van der Waals surface area contributed by atoms with Gasteiger partial charge in [-0.05, 0) is 36.0 Å². The average molecular weight is 291 g/mol. The highest BCUT2D eigenvalue weighted by Crippen LogP contribution is 2.30. The molecule has 116 valence electrons. The molecule has 1 heterocycles. The van der Waals surface area contributed by atoms with Crippen LogP contribution in [0.2, 0.25) is 0 Å². The van der Waals surface area contributed by atoms with E-state index in [2.05, 4.69) is 6.92 Å². The molecule has 0 unspecified atom stereocenters. The van der Waals surface area contributed by atoms with E-state index in [1.54, 1.807) is 7.11 Å². The maximum absolute atomic E-state index is 12.3. The maximum Gasteiger partial charge on any atom is 0.226 e. The van der Waals surface area contributed by atoms with E-state index in [1.807, 2.05) is 36.2 Å². The summed E-state index contributed by atoms with van der Waals surface area (Å²) >= 11 is 0. The van der Waals surface area contributed by atoms with Gasteiger partial charge in [0, 0.05) is 26.8 Å². The van der Waals surface area contributed by atoms with Crippen molar-refractivity contribution in [3.05, 3.63) is 29.8 Å². The summed E-state index contributed by atoms with van der Waals surface area (Å²) in [6.07, 6.45) is 2.48. The average Bonchev–Trinajstić information content (AvgIpc) is 2.48. The largest absolute Gasteiger partial charge is 0.497 e. The van der Waals surface area contributed by atoms with E-state index in [1.165, 1.54) is 0 Å². The fourth-order valence-electron chi connectivity index (χ4n) is 2.74. The monoisotopic (exact) mass is 291 g/mol. The third-order valence-electron chi connectivity index (χ3n) is 4.26. The van der Waals surface area contributed by atoms with Crippen molar-refractivity contribution < 1.29 is 14.3 Å². The molecule has 1 amide bonds. The molecule has 4 nitrogen and oxygen atoms in total. The second-order valence-corrected chi connectivity index (χ2v) is 6.20. The van der Waals surface area contributed by atoms with Crippen molar-refractivity contribution in [2.24, 2.45) is 5.41 Å². The van der Waals surface area contributed by atoms with Crippen molar-refractivity contribution in [3.8, 4) is 5.75 Å². The van der Waals surface area contributed by atoms with Crippen molar-refractivity contribution in [2.45, 2.75) is 26.2 Å². The Labute approximate surface area is 127 Å². The van der Waals surface area contributed by atoms with Crippen molar-refractivity contribution in [3.63, 3.8) is 0 Å². The Morgan fingerprint density at radius 1 is 1.29 bits per heavy atom. The summed E-state index contributed by atoms with van der Waals surface area (Å²) in [5, 5.41) is 0. The predicted octanol–water partition coefficient (Wildman–Crippen LogP) is 2.51. The summed E-state index contributed by atoms with van der Waals surface area (Å²) in [5.74, 6) is 0.974. The van der Waals surface area contributed by atoms with Crippen LogP contribution in [0.4, 0.5) is 0 Å². The first-order valence-electron chi connectivity index (χ1n) is 7.47. The van der Waals surface area contributed by atoms with Gasteiger partial charge in [0.15, 0.2) is 0 Å². The van der Waals surface area contributed by atoms with Crippen LogP contribution < -0.4 is 4.74 Å². The zero-order chi connectivity index (χ0) is 15.3. The fourth-order valence-corrected chi connectivity index (χ4v) is 2.74. The normalized spacial score (nSPS) is 17.3. The van der Waals surface area contributed by atoms with Crippen molar-refractivity contribution in [1.29, 1.82) is 0 Å². The van der Waals surface area contributed by atoms with Crippen LogP contribution in [0.15, 0.2) is 24.3 Å².